The number of nitrogens with zero attached hydrogens (tertiary/aromatic N) is 1. The predicted octanol–water partition coefficient (Wildman–Crippen LogP) is 4.07. The highest BCUT2D eigenvalue weighted by Gasteiger charge is 2.32. The monoisotopic (exact) mass is 434 g/mol. The van der Waals surface area contributed by atoms with Crippen LogP contribution < -0.4 is 10.1 Å². The first-order chi connectivity index (χ1) is 13.2. The topological polar surface area (TPSA) is 75.7 Å². The Morgan fingerprint density at radius 3 is 2.54 bits per heavy atom. The molecule has 1 N–H and O–H groups in total. The standard InChI is InChI=1S/C17H17F3N2O4S2/c18-17(19,20)26-13-6-4-5-12(11-13)21-16(23)15-14(7-10-27-15)28(24,25)22-8-2-1-3-9-22/h4-7,10-11H,1-3,8-9H2,(H,21,23). The number of carbonyl (C=O) groups excluding carboxylic acids is 1. The van der Waals surface area contributed by atoms with E-state index in [2.05, 4.69) is 10.1 Å². The second-order valence-electron chi connectivity index (χ2n) is 6.11. The SMILES string of the molecule is O=C(Nc1cccc(OC(F)(F)F)c1)c1sccc1S(=O)(=O)N1CCCCC1. The molecule has 0 aliphatic carbocycles. The lowest BCUT2D eigenvalue weighted by Gasteiger charge is -2.25. The summed E-state index contributed by atoms with van der Waals surface area (Å²) in [6.45, 7) is 0.798. The predicted molar refractivity (Wildman–Crippen MR) is 98.0 cm³/mol. The van der Waals surface area contributed by atoms with Gasteiger partial charge >= 0.3 is 6.36 Å². The summed E-state index contributed by atoms with van der Waals surface area (Å²) in [5.74, 6) is -1.20. The lowest BCUT2D eigenvalue weighted by atomic mass is 10.2. The molecule has 2 aromatic rings. The molecule has 28 heavy (non-hydrogen) atoms. The number of hydrogen-bond acceptors (Lipinski definition) is 5. The van der Waals surface area contributed by atoms with Gasteiger partial charge in [0.05, 0.1) is 0 Å². The van der Waals surface area contributed by atoms with Crippen LogP contribution in [0.5, 0.6) is 5.75 Å². The van der Waals surface area contributed by atoms with Crippen molar-refractivity contribution in [3.8, 4) is 5.75 Å². The van der Waals surface area contributed by atoms with Gasteiger partial charge in [-0.2, -0.15) is 4.31 Å². The van der Waals surface area contributed by atoms with E-state index in [0.717, 1.165) is 42.7 Å². The van der Waals surface area contributed by atoms with Crippen LogP contribution >= 0.6 is 11.3 Å². The summed E-state index contributed by atoms with van der Waals surface area (Å²) in [5.41, 5.74) is 0.0569. The average Bonchev–Trinajstić information content (AvgIpc) is 3.12. The number of amides is 1. The van der Waals surface area contributed by atoms with Crippen molar-refractivity contribution in [3.05, 3.63) is 40.6 Å². The Kier molecular flexibility index (Phi) is 5.96. The number of carbonyl (C=O) groups is 1. The van der Waals surface area contributed by atoms with Crippen LogP contribution in [-0.4, -0.2) is 38.1 Å². The molecule has 0 saturated carbocycles. The van der Waals surface area contributed by atoms with E-state index < -0.39 is 28.0 Å². The lowest BCUT2D eigenvalue weighted by molar-refractivity contribution is -0.274. The van der Waals surface area contributed by atoms with Gasteiger partial charge in [-0.3, -0.25) is 4.79 Å². The second kappa shape index (κ2) is 8.10. The van der Waals surface area contributed by atoms with Crippen molar-refractivity contribution in [1.82, 2.24) is 4.31 Å². The highest BCUT2D eigenvalue weighted by atomic mass is 32.2. The molecule has 0 bridgehead atoms. The Balaban J connectivity index is 1.80. The molecule has 1 amide bonds. The van der Waals surface area contributed by atoms with Crippen LogP contribution in [0.25, 0.3) is 0 Å². The number of rotatable bonds is 5. The molecule has 6 nitrogen and oxygen atoms in total. The van der Waals surface area contributed by atoms with Crippen LogP contribution in [0.15, 0.2) is 40.6 Å². The first-order valence-corrected chi connectivity index (χ1v) is 10.7. The van der Waals surface area contributed by atoms with Gasteiger partial charge in [-0.1, -0.05) is 12.5 Å². The van der Waals surface area contributed by atoms with E-state index in [4.69, 9.17) is 0 Å². The van der Waals surface area contributed by atoms with Crippen LogP contribution in [-0.2, 0) is 10.0 Å². The van der Waals surface area contributed by atoms with E-state index in [-0.39, 0.29) is 15.5 Å². The molecule has 11 heteroatoms. The number of piperidine rings is 1. The third-order valence-corrected chi connectivity index (χ3v) is 7.08. The van der Waals surface area contributed by atoms with Gasteiger partial charge in [-0.25, -0.2) is 8.42 Å². The third-order valence-electron chi connectivity index (χ3n) is 4.09. The van der Waals surface area contributed by atoms with Crippen LogP contribution in [0.2, 0.25) is 0 Å². The van der Waals surface area contributed by atoms with Crippen molar-refractivity contribution >= 4 is 33.0 Å². The van der Waals surface area contributed by atoms with Gasteiger partial charge < -0.3 is 10.1 Å². The quantitative estimate of drug-likeness (QED) is 0.770. The molecule has 0 radical (unpaired) electrons. The van der Waals surface area contributed by atoms with Crippen molar-refractivity contribution in [3.63, 3.8) is 0 Å². The maximum Gasteiger partial charge on any atom is 0.573 e. The van der Waals surface area contributed by atoms with Crippen molar-refractivity contribution in [2.75, 3.05) is 18.4 Å². The minimum absolute atomic E-state index is 0.0206. The molecule has 1 saturated heterocycles. The third kappa shape index (κ3) is 4.83. The zero-order valence-corrected chi connectivity index (χ0v) is 16.2. The summed E-state index contributed by atoms with van der Waals surface area (Å²) in [6, 6.07) is 6.15. The normalized spacial score (nSPS) is 16.0. The average molecular weight is 434 g/mol. The molecule has 152 valence electrons. The van der Waals surface area contributed by atoms with E-state index in [1.54, 1.807) is 0 Å². The van der Waals surface area contributed by atoms with E-state index in [1.807, 2.05) is 0 Å². The summed E-state index contributed by atoms with van der Waals surface area (Å²) in [5, 5.41) is 3.92. The first kappa shape index (κ1) is 20.6. The zero-order chi connectivity index (χ0) is 20.4. The van der Waals surface area contributed by atoms with Crippen molar-refractivity contribution < 1.29 is 31.1 Å². The van der Waals surface area contributed by atoms with Gasteiger partial charge in [0.15, 0.2) is 0 Å². The second-order valence-corrected chi connectivity index (χ2v) is 8.93. The Hall–Kier alpha value is -2.11. The summed E-state index contributed by atoms with van der Waals surface area (Å²) in [6.07, 6.45) is -2.38. The number of nitrogens with one attached hydrogen (secondary N) is 1. The fraction of sp³-hybridized carbons (Fsp3) is 0.353. The zero-order valence-electron chi connectivity index (χ0n) is 14.5. The van der Waals surface area contributed by atoms with E-state index >= 15 is 0 Å². The van der Waals surface area contributed by atoms with Gasteiger partial charge in [0.2, 0.25) is 10.0 Å². The van der Waals surface area contributed by atoms with Gasteiger partial charge in [0, 0.05) is 24.8 Å². The number of hydrogen-bond donors (Lipinski definition) is 1. The highest BCUT2D eigenvalue weighted by molar-refractivity contribution is 7.89. The molecule has 1 aliphatic rings. The van der Waals surface area contributed by atoms with Gasteiger partial charge in [0.25, 0.3) is 5.91 Å². The van der Waals surface area contributed by atoms with Crippen molar-refractivity contribution in [2.45, 2.75) is 30.5 Å². The molecule has 3 rings (SSSR count). The lowest BCUT2D eigenvalue weighted by Crippen LogP contribution is -2.36. The highest BCUT2D eigenvalue weighted by Crippen LogP contribution is 2.29. The van der Waals surface area contributed by atoms with Crippen LogP contribution in [0.1, 0.15) is 28.9 Å². The maximum absolute atomic E-state index is 12.8. The van der Waals surface area contributed by atoms with Crippen LogP contribution in [0, 0.1) is 0 Å². The molecule has 1 aliphatic heterocycles. The minimum Gasteiger partial charge on any atom is -0.406 e. The van der Waals surface area contributed by atoms with Crippen LogP contribution in [0.3, 0.4) is 0 Å². The van der Waals surface area contributed by atoms with Crippen LogP contribution in [0.4, 0.5) is 18.9 Å². The summed E-state index contributed by atoms with van der Waals surface area (Å²) < 4.78 is 67.9. The number of thiophene rings is 1. The number of benzene rings is 1. The first-order valence-electron chi connectivity index (χ1n) is 8.42. The van der Waals surface area contributed by atoms with Crippen molar-refractivity contribution in [2.24, 2.45) is 0 Å². The molecular formula is C17H17F3N2O4S2. The van der Waals surface area contributed by atoms with E-state index in [0.29, 0.717) is 13.1 Å². The molecule has 1 fully saturated rings. The van der Waals surface area contributed by atoms with E-state index in [1.165, 1.54) is 27.9 Å². The number of anilines is 1. The Labute approximate surface area is 164 Å². The largest absolute Gasteiger partial charge is 0.573 e. The molecule has 0 spiro atoms. The molecular weight excluding hydrogens is 417 g/mol. The van der Waals surface area contributed by atoms with Crippen molar-refractivity contribution in [1.29, 1.82) is 0 Å². The smallest absolute Gasteiger partial charge is 0.406 e. The van der Waals surface area contributed by atoms with Gasteiger partial charge in [-0.05, 0) is 36.4 Å². The summed E-state index contributed by atoms with van der Waals surface area (Å²) in [4.78, 5) is 12.5. The van der Waals surface area contributed by atoms with Gasteiger partial charge in [-0.15, -0.1) is 24.5 Å². The maximum atomic E-state index is 12.8. The van der Waals surface area contributed by atoms with E-state index in [9.17, 15) is 26.4 Å². The fourth-order valence-electron chi connectivity index (χ4n) is 2.87. The number of ether oxygens (including phenoxy) is 1. The molecule has 1 aromatic heterocycles. The molecule has 0 atom stereocenters. The minimum atomic E-state index is -4.86. The number of sulfonamides is 1. The molecule has 0 unspecified atom stereocenters. The molecule has 2 heterocycles. The Morgan fingerprint density at radius 2 is 1.86 bits per heavy atom. The molecule has 1 aromatic carbocycles. The Morgan fingerprint density at radius 1 is 1.14 bits per heavy atom. The number of halogens is 3. The Bertz CT molecular complexity index is 951. The summed E-state index contributed by atoms with van der Waals surface area (Å²) in [7, 11) is -3.81. The fourth-order valence-corrected chi connectivity index (χ4v) is 5.68. The number of alkyl halides is 3. The van der Waals surface area contributed by atoms with Gasteiger partial charge in [0.1, 0.15) is 15.5 Å². The summed E-state index contributed by atoms with van der Waals surface area (Å²) >= 11 is 0.953.